The summed E-state index contributed by atoms with van der Waals surface area (Å²) in [4.78, 5) is 25.7. The Kier molecular flexibility index (Phi) is 8.54. The summed E-state index contributed by atoms with van der Waals surface area (Å²) in [6.45, 7) is 9.49. The Morgan fingerprint density at radius 3 is 2.17 bits per heavy atom. The largest absolute Gasteiger partial charge is 0.476 e. The summed E-state index contributed by atoms with van der Waals surface area (Å²) in [5.41, 5.74) is 2.83. The van der Waals surface area contributed by atoms with E-state index in [1.54, 1.807) is 32.5 Å². The van der Waals surface area contributed by atoms with Crippen molar-refractivity contribution in [3.05, 3.63) is 58.7 Å². The van der Waals surface area contributed by atoms with E-state index in [1.165, 1.54) is 0 Å². The van der Waals surface area contributed by atoms with Crippen LogP contribution in [0.3, 0.4) is 0 Å². The number of rotatable bonds is 10. The Morgan fingerprint density at radius 1 is 1.03 bits per heavy atom. The minimum atomic E-state index is -1.05. The van der Waals surface area contributed by atoms with Gasteiger partial charge in [0.1, 0.15) is 5.75 Å². The summed E-state index contributed by atoms with van der Waals surface area (Å²) >= 11 is 1.67. The van der Waals surface area contributed by atoms with Crippen LogP contribution in [0.5, 0.6) is 5.75 Å². The highest BCUT2D eigenvalue weighted by Crippen LogP contribution is 2.29. The van der Waals surface area contributed by atoms with Gasteiger partial charge in [-0.1, -0.05) is 24.3 Å². The van der Waals surface area contributed by atoms with Gasteiger partial charge in [0.2, 0.25) is 0 Å². The average molecular weight is 429 g/mol. The molecule has 0 aliphatic rings. The topological polar surface area (TPSA) is 52.6 Å². The van der Waals surface area contributed by atoms with Crippen molar-refractivity contribution in [1.82, 2.24) is 0 Å². The van der Waals surface area contributed by atoms with Crippen LogP contribution in [0.2, 0.25) is 0 Å². The minimum absolute atomic E-state index is 0.173. The summed E-state index contributed by atoms with van der Waals surface area (Å²) in [6, 6.07) is 11.9. The molecule has 0 N–H and O–H groups in total. The first-order chi connectivity index (χ1) is 14.2. The van der Waals surface area contributed by atoms with Crippen molar-refractivity contribution < 1.29 is 19.1 Å². The third-order valence-electron chi connectivity index (χ3n) is 4.93. The quantitative estimate of drug-likeness (QED) is 0.266. The van der Waals surface area contributed by atoms with Gasteiger partial charge in [-0.15, -0.1) is 11.8 Å². The van der Waals surface area contributed by atoms with Gasteiger partial charge in [0.25, 0.3) is 0 Å². The Hall–Kier alpha value is -2.27. The van der Waals surface area contributed by atoms with Gasteiger partial charge in [-0.05, 0) is 82.5 Å². The summed E-state index contributed by atoms with van der Waals surface area (Å²) in [5, 5.41) is 0. The summed E-state index contributed by atoms with van der Waals surface area (Å²) < 4.78 is 11.1. The molecule has 2 aromatic rings. The molecular formula is C25H32O4S. The maximum Gasteiger partial charge on any atom is 0.349 e. The van der Waals surface area contributed by atoms with Gasteiger partial charge in [-0.3, -0.25) is 4.79 Å². The number of hydrogen-bond acceptors (Lipinski definition) is 5. The first-order valence-electron chi connectivity index (χ1n) is 10.3. The number of ketones is 1. The molecule has 0 fully saturated rings. The highest BCUT2D eigenvalue weighted by atomic mass is 32.2. The number of thioether (sulfide) groups is 1. The molecule has 0 saturated heterocycles. The van der Waals surface area contributed by atoms with Crippen LogP contribution in [0.4, 0.5) is 0 Å². The highest BCUT2D eigenvalue weighted by molar-refractivity contribution is 7.98. The fraction of sp³-hybridized carbons (Fsp3) is 0.440. The lowest BCUT2D eigenvalue weighted by Gasteiger charge is -2.26. The molecule has 162 valence electrons. The van der Waals surface area contributed by atoms with Gasteiger partial charge >= 0.3 is 5.97 Å². The van der Waals surface area contributed by atoms with Gasteiger partial charge in [0.15, 0.2) is 11.4 Å². The van der Waals surface area contributed by atoms with Crippen molar-refractivity contribution in [3.8, 4) is 5.75 Å². The second-order valence-electron chi connectivity index (χ2n) is 7.90. The summed E-state index contributed by atoms with van der Waals surface area (Å²) in [7, 11) is 0. The first kappa shape index (κ1) is 24.0. The van der Waals surface area contributed by atoms with E-state index < -0.39 is 5.60 Å². The molecule has 0 heterocycles. The molecule has 0 saturated carbocycles. The van der Waals surface area contributed by atoms with E-state index >= 15 is 0 Å². The maximum absolute atomic E-state index is 12.4. The standard InChI is InChI=1S/C25H32O4S/c1-7-28-24(27)25(4,5)29-23-17(2)15-19(16-18(23)3)9-8-10-22(26)20-11-13-21(30-6)14-12-20/h11-16H,7-10H2,1-6H3. The lowest BCUT2D eigenvalue weighted by molar-refractivity contribution is -0.158. The molecular weight excluding hydrogens is 396 g/mol. The van der Waals surface area contributed by atoms with Crippen molar-refractivity contribution in [2.45, 2.75) is 64.4 Å². The van der Waals surface area contributed by atoms with Crippen molar-refractivity contribution in [2.24, 2.45) is 0 Å². The van der Waals surface area contributed by atoms with Gasteiger partial charge in [-0.2, -0.15) is 0 Å². The molecule has 30 heavy (non-hydrogen) atoms. The number of benzene rings is 2. The number of ether oxygens (including phenoxy) is 2. The molecule has 5 heteroatoms. The zero-order valence-electron chi connectivity index (χ0n) is 18.8. The lowest BCUT2D eigenvalue weighted by Crippen LogP contribution is -2.40. The van der Waals surface area contributed by atoms with Gasteiger partial charge in [0.05, 0.1) is 6.61 Å². The Bertz CT molecular complexity index is 862. The number of carbonyl (C=O) groups excluding carboxylic acids is 2. The molecule has 0 unspecified atom stereocenters. The number of carbonyl (C=O) groups is 2. The molecule has 0 aliphatic heterocycles. The molecule has 2 aromatic carbocycles. The highest BCUT2D eigenvalue weighted by Gasteiger charge is 2.32. The van der Waals surface area contributed by atoms with Gasteiger partial charge < -0.3 is 9.47 Å². The third-order valence-corrected chi connectivity index (χ3v) is 5.67. The van der Waals surface area contributed by atoms with Crippen LogP contribution >= 0.6 is 11.8 Å². The van der Waals surface area contributed by atoms with Crippen LogP contribution in [-0.2, 0) is 16.0 Å². The molecule has 0 atom stereocenters. The number of aryl methyl sites for hydroxylation is 3. The smallest absolute Gasteiger partial charge is 0.349 e. The Labute approximate surface area is 184 Å². The normalized spacial score (nSPS) is 11.3. The minimum Gasteiger partial charge on any atom is -0.476 e. The molecule has 0 radical (unpaired) electrons. The van der Waals surface area contributed by atoms with Crippen molar-refractivity contribution in [3.63, 3.8) is 0 Å². The van der Waals surface area contributed by atoms with E-state index in [0.717, 1.165) is 40.0 Å². The van der Waals surface area contributed by atoms with Crippen LogP contribution in [-0.4, -0.2) is 30.2 Å². The number of Topliss-reactive ketones (excluding diaryl/α,β-unsaturated/α-hetero) is 1. The molecule has 0 amide bonds. The molecule has 4 nitrogen and oxygen atoms in total. The predicted molar refractivity (Wildman–Crippen MR) is 123 cm³/mol. The number of hydrogen-bond donors (Lipinski definition) is 0. The van der Waals surface area contributed by atoms with Crippen molar-refractivity contribution in [2.75, 3.05) is 12.9 Å². The van der Waals surface area contributed by atoms with E-state index in [2.05, 4.69) is 12.1 Å². The van der Waals surface area contributed by atoms with E-state index in [1.807, 2.05) is 44.4 Å². The van der Waals surface area contributed by atoms with E-state index in [9.17, 15) is 9.59 Å². The number of esters is 1. The predicted octanol–water partition coefficient (Wildman–Crippen LogP) is 5.95. The second kappa shape index (κ2) is 10.7. The first-order valence-corrected chi connectivity index (χ1v) is 11.5. The Balaban J connectivity index is 1.99. The molecule has 0 spiro atoms. The third kappa shape index (κ3) is 6.36. The van der Waals surface area contributed by atoms with E-state index in [4.69, 9.17) is 9.47 Å². The lowest BCUT2D eigenvalue weighted by atomic mass is 9.99. The zero-order chi connectivity index (χ0) is 22.3. The van der Waals surface area contributed by atoms with Gasteiger partial charge in [-0.25, -0.2) is 4.79 Å². The van der Waals surface area contributed by atoms with Crippen molar-refractivity contribution in [1.29, 1.82) is 0 Å². The Morgan fingerprint density at radius 2 is 1.63 bits per heavy atom. The second-order valence-corrected chi connectivity index (χ2v) is 8.78. The summed E-state index contributed by atoms with van der Waals surface area (Å²) in [6.07, 6.45) is 4.15. The van der Waals surface area contributed by atoms with Crippen LogP contribution in [0.1, 0.15) is 60.7 Å². The fourth-order valence-electron chi connectivity index (χ4n) is 3.32. The van der Waals surface area contributed by atoms with Crippen LogP contribution in [0, 0.1) is 13.8 Å². The fourth-order valence-corrected chi connectivity index (χ4v) is 3.73. The van der Waals surface area contributed by atoms with Crippen molar-refractivity contribution >= 4 is 23.5 Å². The molecule has 0 aliphatic carbocycles. The average Bonchev–Trinajstić information content (AvgIpc) is 2.71. The van der Waals surface area contributed by atoms with Crippen LogP contribution in [0.25, 0.3) is 0 Å². The maximum atomic E-state index is 12.4. The molecule has 0 aromatic heterocycles. The van der Waals surface area contributed by atoms with Crippen LogP contribution < -0.4 is 4.74 Å². The van der Waals surface area contributed by atoms with E-state index in [-0.39, 0.29) is 11.8 Å². The van der Waals surface area contributed by atoms with E-state index in [0.29, 0.717) is 18.8 Å². The molecule has 0 bridgehead atoms. The van der Waals surface area contributed by atoms with Crippen LogP contribution in [0.15, 0.2) is 41.3 Å². The monoisotopic (exact) mass is 428 g/mol. The SMILES string of the molecule is CCOC(=O)C(C)(C)Oc1c(C)cc(CCCC(=O)c2ccc(SC)cc2)cc1C. The zero-order valence-corrected chi connectivity index (χ0v) is 19.7. The van der Waals surface area contributed by atoms with Gasteiger partial charge in [0, 0.05) is 16.9 Å². The summed E-state index contributed by atoms with van der Waals surface area (Å²) in [5.74, 6) is 0.506. The molecule has 2 rings (SSSR count).